The Morgan fingerprint density at radius 1 is 1.17 bits per heavy atom. The lowest BCUT2D eigenvalue weighted by molar-refractivity contribution is 0.619. The van der Waals surface area contributed by atoms with E-state index < -0.39 is 5.82 Å². The Morgan fingerprint density at radius 3 is 2.50 bits per heavy atom. The van der Waals surface area contributed by atoms with Crippen molar-refractivity contribution in [2.45, 2.75) is 6.92 Å². The van der Waals surface area contributed by atoms with Gasteiger partial charge in [-0.05, 0) is 35.7 Å². The summed E-state index contributed by atoms with van der Waals surface area (Å²) in [6.45, 7) is 4.80. The van der Waals surface area contributed by atoms with Crippen molar-refractivity contribution >= 4 is 16.7 Å². The van der Waals surface area contributed by atoms with Crippen LogP contribution in [0.15, 0.2) is 49.3 Å². The highest BCUT2D eigenvalue weighted by atomic mass is 19.1. The van der Waals surface area contributed by atoms with E-state index in [1.165, 1.54) is 24.5 Å². The van der Waals surface area contributed by atoms with Crippen LogP contribution >= 0.6 is 0 Å². The van der Waals surface area contributed by atoms with Crippen LogP contribution in [0.4, 0.5) is 14.6 Å². The van der Waals surface area contributed by atoms with E-state index in [2.05, 4.69) is 16.5 Å². The van der Waals surface area contributed by atoms with Gasteiger partial charge in [-0.3, -0.25) is 0 Å². The third-order valence-corrected chi connectivity index (χ3v) is 3.34. The van der Waals surface area contributed by atoms with Crippen LogP contribution in [0.25, 0.3) is 22.0 Å². The van der Waals surface area contributed by atoms with Gasteiger partial charge in [-0.25, -0.2) is 18.7 Å². The fraction of sp³-hybridized carbons (Fsp3) is 0.0556. The molecular formula is C18H14F2N4. The molecule has 0 radical (unpaired) electrons. The third kappa shape index (κ3) is 3.36. The minimum absolute atomic E-state index is 0.135. The number of hydrogen-bond acceptors (Lipinski definition) is 4. The fourth-order valence-corrected chi connectivity index (χ4v) is 2.17. The highest BCUT2D eigenvalue weighted by molar-refractivity contribution is 6.01. The summed E-state index contributed by atoms with van der Waals surface area (Å²) >= 11 is 0. The van der Waals surface area contributed by atoms with E-state index in [1.54, 1.807) is 31.2 Å². The number of fused-ring (bicyclic) bond motifs is 1. The molecule has 0 fully saturated rings. The fourth-order valence-electron chi connectivity index (χ4n) is 2.17. The van der Waals surface area contributed by atoms with E-state index in [4.69, 9.17) is 11.0 Å². The average molecular weight is 324 g/mol. The number of aryl methyl sites for hydroxylation is 1. The van der Waals surface area contributed by atoms with E-state index >= 15 is 0 Å². The maximum atomic E-state index is 13.8. The van der Waals surface area contributed by atoms with Crippen molar-refractivity contribution in [2.75, 3.05) is 5.73 Å². The predicted octanol–water partition coefficient (Wildman–Crippen LogP) is 4.16. The second kappa shape index (κ2) is 7.29. The van der Waals surface area contributed by atoms with Gasteiger partial charge in [0.05, 0.1) is 11.5 Å². The van der Waals surface area contributed by atoms with E-state index in [1.807, 2.05) is 0 Å². The zero-order chi connectivity index (χ0) is 17.7. The normalized spacial score (nSPS) is 9.75. The summed E-state index contributed by atoms with van der Waals surface area (Å²) < 4.78 is 27.5. The lowest BCUT2D eigenvalue weighted by Gasteiger charge is -2.09. The Kier molecular flexibility index (Phi) is 5.17. The van der Waals surface area contributed by atoms with Crippen LogP contribution in [0.3, 0.4) is 0 Å². The predicted molar refractivity (Wildman–Crippen MR) is 89.8 cm³/mol. The smallest absolute Gasteiger partial charge is 0.149 e. The van der Waals surface area contributed by atoms with Gasteiger partial charge in [-0.2, -0.15) is 5.26 Å². The molecule has 0 aliphatic rings. The standard InChI is InChI=1S/C15H11F2N3.C3H3N/c1-8-2-3-9(6-12(8)17)10-4-5-11(16)14-13(10)15(18)20-7-19-14;1-2-3-4/h2-7H,1H3,(H2,18,19,20);2H,1H2. The summed E-state index contributed by atoms with van der Waals surface area (Å²) in [5.74, 6) is -0.633. The quantitative estimate of drug-likeness (QED) is 0.682. The molecule has 6 heteroatoms. The Hall–Kier alpha value is -3.33. The molecule has 1 aromatic heterocycles. The third-order valence-electron chi connectivity index (χ3n) is 3.34. The Balaban J connectivity index is 0.000000471. The Morgan fingerprint density at radius 2 is 1.88 bits per heavy atom. The minimum Gasteiger partial charge on any atom is -0.383 e. The molecule has 2 aromatic carbocycles. The minimum atomic E-state index is -0.481. The molecule has 2 N–H and O–H groups in total. The molecular weight excluding hydrogens is 310 g/mol. The maximum Gasteiger partial charge on any atom is 0.149 e. The van der Waals surface area contributed by atoms with Gasteiger partial charge in [-0.1, -0.05) is 24.8 Å². The molecule has 120 valence electrons. The van der Waals surface area contributed by atoms with E-state index in [9.17, 15) is 8.78 Å². The molecule has 4 nitrogen and oxygen atoms in total. The van der Waals surface area contributed by atoms with Crippen LogP contribution in [0, 0.1) is 29.9 Å². The van der Waals surface area contributed by atoms with Gasteiger partial charge in [0.2, 0.25) is 0 Å². The van der Waals surface area contributed by atoms with Gasteiger partial charge < -0.3 is 5.73 Å². The number of anilines is 1. The summed E-state index contributed by atoms with van der Waals surface area (Å²) in [5, 5.41) is 7.91. The van der Waals surface area contributed by atoms with E-state index in [0.29, 0.717) is 22.1 Å². The summed E-state index contributed by atoms with van der Waals surface area (Å²) in [6, 6.07) is 9.37. The van der Waals surface area contributed by atoms with Gasteiger partial charge in [0, 0.05) is 6.08 Å². The molecule has 0 aliphatic heterocycles. The summed E-state index contributed by atoms with van der Waals surface area (Å²) in [5.41, 5.74) is 7.72. The Bertz CT molecular complexity index is 946. The number of rotatable bonds is 1. The van der Waals surface area contributed by atoms with Crippen LogP contribution in [-0.4, -0.2) is 9.97 Å². The van der Waals surface area contributed by atoms with Crippen LogP contribution in [0.1, 0.15) is 5.56 Å². The number of nitriles is 1. The maximum absolute atomic E-state index is 13.8. The molecule has 1 heterocycles. The van der Waals surface area contributed by atoms with Crippen molar-refractivity contribution in [3.05, 3.63) is 66.5 Å². The lowest BCUT2D eigenvalue weighted by Crippen LogP contribution is -1.97. The second-order valence-corrected chi connectivity index (χ2v) is 4.87. The molecule has 0 amide bonds. The number of aromatic nitrogens is 2. The zero-order valence-electron chi connectivity index (χ0n) is 12.9. The van der Waals surface area contributed by atoms with Gasteiger partial charge in [0.25, 0.3) is 0 Å². The number of allylic oxidation sites excluding steroid dienone is 1. The number of nitrogens with zero attached hydrogens (tertiary/aromatic N) is 3. The summed E-state index contributed by atoms with van der Waals surface area (Å²) in [4.78, 5) is 7.79. The first-order chi connectivity index (χ1) is 11.5. The SMILES string of the molecule is C=CC#N.Cc1ccc(-c2ccc(F)c3ncnc(N)c23)cc1F. The Labute approximate surface area is 137 Å². The van der Waals surface area contributed by atoms with Crippen molar-refractivity contribution in [3.8, 4) is 17.2 Å². The highest BCUT2D eigenvalue weighted by Gasteiger charge is 2.13. The van der Waals surface area contributed by atoms with Crippen molar-refractivity contribution in [1.29, 1.82) is 5.26 Å². The number of benzene rings is 2. The van der Waals surface area contributed by atoms with Crippen LogP contribution in [0.5, 0.6) is 0 Å². The van der Waals surface area contributed by atoms with Crippen molar-refractivity contribution in [1.82, 2.24) is 9.97 Å². The monoisotopic (exact) mass is 324 g/mol. The molecule has 0 spiro atoms. The van der Waals surface area contributed by atoms with Crippen molar-refractivity contribution < 1.29 is 8.78 Å². The first-order valence-corrected chi connectivity index (χ1v) is 6.95. The van der Waals surface area contributed by atoms with Crippen LogP contribution in [0.2, 0.25) is 0 Å². The highest BCUT2D eigenvalue weighted by Crippen LogP contribution is 2.32. The second-order valence-electron chi connectivity index (χ2n) is 4.87. The molecule has 3 aromatic rings. The van der Waals surface area contributed by atoms with Gasteiger partial charge >= 0.3 is 0 Å². The number of hydrogen-bond donors (Lipinski definition) is 1. The average Bonchev–Trinajstić information content (AvgIpc) is 2.59. The van der Waals surface area contributed by atoms with Gasteiger partial charge in [0.1, 0.15) is 29.3 Å². The molecule has 3 rings (SSSR count). The topological polar surface area (TPSA) is 75.6 Å². The summed E-state index contributed by atoms with van der Waals surface area (Å²) in [6.07, 6.45) is 2.39. The molecule has 0 unspecified atom stereocenters. The molecule has 0 saturated carbocycles. The molecule has 0 bridgehead atoms. The molecule has 0 atom stereocenters. The van der Waals surface area contributed by atoms with Crippen LogP contribution in [-0.2, 0) is 0 Å². The molecule has 24 heavy (non-hydrogen) atoms. The molecule has 0 saturated heterocycles. The van der Waals surface area contributed by atoms with Gasteiger partial charge in [0.15, 0.2) is 0 Å². The van der Waals surface area contributed by atoms with E-state index in [0.717, 1.165) is 0 Å². The largest absolute Gasteiger partial charge is 0.383 e. The first kappa shape index (κ1) is 17.0. The molecule has 0 aliphatic carbocycles. The first-order valence-electron chi connectivity index (χ1n) is 6.95. The van der Waals surface area contributed by atoms with Gasteiger partial charge in [-0.15, -0.1) is 0 Å². The van der Waals surface area contributed by atoms with E-state index in [-0.39, 0.29) is 17.2 Å². The lowest BCUT2D eigenvalue weighted by atomic mass is 9.99. The number of nitrogens with two attached hydrogens (primary N) is 1. The zero-order valence-corrected chi connectivity index (χ0v) is 12.9. The number of nitrogen functional groups attached to an aromatic ring is 1. The summed E-state index contributed by atoms with van der Waals surface area (Å²) in [7, 11) is 0. The van der Waals surface area contributed by atoms with Crippen molar-refractivity contribution in [2.24, 2.45) is 0 Å². The van der Waals surface area contributed by atoms with Crippen LogP contribution < -0.4 is 5.73 Å². The number of halogens is 2. The van der Waals surface area contributed by atoms with Crippen molar-refractivity contribution in [3.63, 3.8) is 0 Å².